The van der Waals surface area contributed by atoms with Crippen molar-refractivity contribution >= 4 is 23.3 Å². The number of benzene rings is 1. The molecule has 2 aromatic rings. The summed E-state index contributed by atoms with van der Waals surface area (Å²) < 4.78 is 12.7. The van der Waals surface area contributed by atoms with Gasteiger partial charge in [-0.05, 0) is 37.6 Å². The normalized spacial score (nSPS) is 10.9. The van der Waals surface area contributed by atoms with E-state index in [1.165, 1.54) is 18.2 Å². The zero-order valence-electron chi connectivity index (χ0n) is 11.3. The van der Waals surface area contributed by atoms with Gasteiger partial charge in [-0.25, -0.2) is 9.37 Å². The maximum Gasteiger partial charge on any atom is 0.244 e. The van der Waals surface area contributed by atoms with Gasteiger partial charge in [0.2, 0.25) is 5.91 Å². The van der Waals surface area contributed by atoms with E-state index < -0.39 is 0 Å². The number of hydrogen-bond donors (Lipinski definition) is 1. The van der Waals surface area contributed by atoms with Crippen molar-refractivity contribution in [2.24, 2.45) is 0 Å². The lowest BCUT2D eigenvalue weighted by Gasteiger charge is -2.00. The predicted octanol–water partition coefficient (Wildman–Crippen LogP) is 3.23. The molecule has 1 amide bonds. The highest BCUT2D eigenvalue weighted by molar-refractivity contribution is 7.11. The molecule has 104 valence electrons. The number of hydrogen-bond acceptors (Lipinski definition) is 3. The second-order valence-electron chi connectivity index (χ2n) is 4.34. The van der Waals surface area contributed by atoms with Gasteiger partial charge in [0.05, 0.1) is 17.2 Å². The van der Waals surface area contributed by atoms with Gasteiger partial charge in [0.25, 0.3) is 0 Å². The molecular formula is C15H15FN2OS. The number of nitrogens with zero attached hydrogens (tertiary/aromatic N) is 1. The maximum absolute atomic E-state index is 12.7. The van der Waals surface area contributed by atoms with Crippen molar-refractivity contribution < 1.29 is 9.18 Å². The first-order valence-electron chi connectivity index (χ1n) is 6.19. The van der Waals surface area contributed by atoms with Crippen molar-refractivity contribution in [3.05, 3.63) is 57.3 Å². The van der Waals surface area contributed by atoms with Crippen molar-refractivity contribution in [2.75, 3.05) is 0 Å². The van der Waals surface area contributed by atoms with Gasteiger partial charge in [0, 0.05) is 11.0 Å². The van der Waals surface area contributed by atoms with Crippen LogP contribution in [0.25, 0.3) is 6.08 Å². The Labute approximate surface area is 121 Å². The number of halogens is 1. The van der Waals surface area contributed by atoms with E-state index in [4.69, 9.17) is 0 Å². The minimum atomic E-state index is -0.289. The third kappa shape index (κ3) is 3.99. The molecule has 0 bridgehead atoms. The van der Waals surface area contributed by atoms with Crippen LogP contribution in [0.1, 0.15) is 21.1 Å². The molecule has 5 heteroatoms. The number of rotatable bonds is 4. The number of aryl methyl sites for hydroxylation is 2. The lowest BCUT2D eigenvalue weighted by Crippen LogP contribution is -2.20. The van der Waals surface area contributed by atoms with Crippen LogP contribution in [0.15, 0.2) is 30.3 Å². The summed E-state index contributed by atoms with van der Waals surface area (Å²) in [6.07, 6.45) is 3.09. The van der Waals surface area contributed by atoms with E-state index in [-0.39, 0.29) is 11.7 Å². The molecule has 1 N–H and O–H groups in total. The largest absolute Gasteiger partial charge is 0.348 e. The lowest BCUT2D eigenvalue weighted by atomic mass is 10.2. The van der Waals surface area contributed by atoms with Gasteiger partial charge < -0.3 is 5.32 Å². The van der Waals surface area contributed by atoms with Gasteiger partial charge in [-0.15, -0.1) is 11.3 Å². The monoisotopic (exact) mass is 290 g/mol. The van der Waals surface area contributed by atoms with Crippen molar-refractivity contribution in [1.82, 2.24) is 10.3 Å². The van der Waals surface area contributed by atoms with Gasteiger partial charge in [-0.1, -0.05) is 12.1 Å². The third-order valence-corrected chi connectivity index (χ3v) is 3.79. The van der Waals surface area contributed by atoms with E-state index in [9.17, 15) is 9.18 Å². The minimum Gasteiger partial charge on any atom is -0.348 e. The van der Waals surface area contributed by atoms with E-state index in [1.54, 1.807) is 29.5 Å². The highest BCUT2D eigenvalue weighted by Crippen LogP contribution is 2.16. The Morgan fingerprint density at radius 2 is 2.05 bits per heavy atom. The Kier molecular flexibility index (Phi) is 4.63. The quantitative estimate of drug-likeness (QED) is 0.878. The Morgan fingerprint density at radius 1 is 1.35 bits per heavy atom. The first-order valence-corrected chi connectivity index (χ1v) is 7.00. The molecule has 3 nitrogen and oxygen atoms in total. The zero-order valence-corrected chi connectivity index (χ0v) is 12.1. The standard InChI is InChI=1S/C15H15FN2OS/c1-10-14(20-11(2)18-10)9-17-15(19)8-5-12-3-6-13(16)7-4-12/h3-8H,9H2,1-2H3,(H,17,19)/b8-5+. The topological polar surface area (TPSA) is 42.0 Å². The van der Waals surface area contributed by atoms with E-state index in [0.717, 1.165) is 21.1 Å². The molecule has 0 saturated heterocycles. The van der Waals surface area contributed by atoms with Crippen molar-refractivity contribution in [2.45, 2.75) is 20.4 Å². The van der Waals surface area contributed by atoms with Crippen molar-refractivity contribution in [1.29, 1.82) is 0 Å². The summed E-state index contributed by atoms with van der Waals surface area (Å²) >= 11 is 1.58. The molecule has 0 spiro atoms. The van der Waals surface area contributed by atoms with Crippen LogP contribution in [0.5, 0.6) is 0 Å². The van der Waals surface area contributed by atoms with Crippen LogP contribution in [0.4, 0.5) is 4.39 Å². The number of thiazole rings is 1. The summed E-state index contributed by atoms with van der Waals surface area (Å²) in [4.78, 5) is 17.1. The molecular weight excluding hydrogens is 275 g/mol. The molecule has 0 unspecified atom stereocenters. The van der Waals surface area contributed by atoms with Gasteiger partial charge in [0.15, 0.2) is 0 Å². The maximum atomic E-state index is 12.7. The van der Waals surface area contributed by atoms with Gasteiger partial charge in [-0.3, -0.25) is 4.79 Å². The zero-order chi connectivity index (χ0) is 14.5. The van der Waals surface area contributed by atoms with Gasteiger partial charge in [0.1, 0.15) is 5.82 Å². The molecule has 0 fully saturated rings. The Balaban J connectivity index is 1.89. The molecule has 0 radical (unpaired) electrons. The van der Waals surface area contributed by atoms with Crippen LogP contribution >= 0.6 is 11.3 Å². The molecule has 0 atom stereocenters. The van der Waals surface area contributed by atoms with Gasteiger partial charge in [-0.2, -0.15) is 0 Å². The van der Waals surface area contributed by atoms with Crippen LogP contribution in [-0.2, 0) is 11.3 Å². The predicted molar refractivity (Wildman–Crippen MR) is 78.9 cm³/mol. The molecule has 0 saturated carbocycles. The van der Waals surface area contributed by atoms with Crippen LogP contribution < -0.4 is 5.32 Å². The molecule has 1 aromatic carbocycles. The number of amides is 1. The lowest BCUT2D eigenvalue weighted by molar-refractivity contribution is -0.116. The Morgan fingerprint density at radius 3 is 2.65 bits per heavy atom. The smallest absolute Gasteiger partial charge is 0.244 e. The fraction of sp³-hybridized carbons (Fsp3) is 0.200. The second kappa shape index (κ2) is 6.43. The SMILES string of the molecule is Cc1nc(C)c(CNC(=O)/C=C/c2ccc(F)cc2)s1. The fourth-order valence-electron chi connectivity index (χ4n) is 1.71. The molecule has 0 aliphatic heterocycles. The molecule has 0 aliphatic carbocycles. The first-order chi connectivity index (χ1) is 9.54. The molecule has 1 aromatic heterocycles. The Bertz CT molecular complexity index is 632. The summed E-state index contributed by atoms with van der Waals surface area (Å²) in [5.74, 6) is -0.470. The van der Waals surface area contributed by atoms with Crippen LogP contribution in [0.2, 0.25) is 0 Å². The first kappa shape index (κ1) is 14.4. The minimum absolute atomic E-state index is 0.181. The highest BCUT2D eigenvalue weighted by atomic mass is 32.1. The second-order valence-corrected chi connectivity index (χ2v) is 5.63. The van der Waals surface area contributed by atoms with Gasteiger partial charge >= 0.3 is 0 Å². The van der Waals surface area contributed by atoms with Crippen molar-refractivity contribution in [3.63, 3.8) is 0 Å². The average molecular weight is 290 g/mol. The molecule has 1 heterocycles. The van der Waals surface area contributed by atoms with E-state index >= 15 is 0 Å². The average Bonchev–Trinajstić information content (AvgIpc) is 2.74. The summed E-state index contributed by atoms with van der Waals surface area (Å²) in [7, 11) is 0. The summed E-state index contributed by atoms with van der Waals surface area (Å²) in [5.41, 5.74) is 1.74. The third-order valence-electron chi connectivity index (χ3n) is 2.72. The highest BCUT2D eigenvalue weighted by Gasteiger charge is 2.05. The molecule has 2 rings (SSSR count). The van der Waals surface area contributed by atoms with E-state index in [2.05, 4.69) is 10.3 Å². The van der Waals surface area contributed by atoms with Crippen LogP contribution in [0.3, 0.4) is 0 Å². The van der Waals surface area contributed by atoms with Crippen LogP contribution in [0, 0.1) is 19.7 Å². The van der Waals surface area contributed by atoms with Crippen LogP contribution in [-0.4, -0.2) is 10.9 Å². The summed E-state index contributed by atoms with van der Waals surface area (Å²) in [6, 6.07) is 5.97. The molecule has 20 heavy (non-hydrogen) atoms. The summed E-state index contributed by atoms with van der Waals surface area (Å²) in [6.45, 7) is 4.35. The number of aromatic nitrogens is 1. The Hall–Kier alpha value is -2.01. The molecule has 0 aliphatic rings. The summed E-state index contributed by atoms with van der Waals surface area (Å²) in [5, 5.41) is 3.80. The van der Waals surface area contributed by atoms with E-state index in [1.807, 2.05) is 13.8 Å². The fourth-order valence-corrected chi connectivity index (χ4v) is 2.59. The number of carbonyl (C=O) groups excluding carboxylic acids is 1. The van der Waals surface area contributed by atoms with E-state index in [0.29, 0.717) is 6.54 Å². The van der Waals surface area contributed by atoms with Crippen molar-refractivity contribution in [3.8, 4) is 0 Å². The number of nitrogens with one attached hydrogen (secondary N) is 1. The number of carbonyl (C=O) groups is 1.